The summed E-state index contributed by atoms with van der Waals surface area (Å²) in [5, 5.41) is 0. The third-order valence-electron chi connectivity index (χ3n) is 3.98. The van der Waals surface area contributed by atoms with E-state index in [0.29, 0.717) is 11.1 Å². The molecule has 3 rings (SSSR count). The van der Waals surface area contributed by atoms with E-state index in [1.807, 2.05) is 38.1 Å². The summed E-state index contributed by atoms with van der Waals surface area (Å²) in [5.41, 5.74) is 3.14. The molecule has 2 amide bonds. The number of hydrogen-bond donors (Lipinski definition) is 0. The van der Waals surface area contributed by atoms with Crippen LogP contribution < -0.4 is 0 Å². The Bertz CT molecular complexity index is 760. The Morgan fingerprint density at radius 1 is 1.00 bits per heavy atom. The minimum absolute atomic E-state index is 0.156. The number of benzene rings is 2. The van der Waals surface area contributed by atoms with Crippen LogP contribution in [0.25, 0.3) is 0 Å². The monoisotopic (exact) mass is 306 g/mol. The molecule has 1 atom stereocenters. The first-order valence-corrected chi connectivity index (χ1v) is 7.62. The molecule has 4 nitrogen and oxygen atoms in total. The number of rotatable bonds is 4. The van der Waals surface area contributed by atoms with Gasteiger partial charge in [-0.15, -0.1) is 0 Å². The maximum absolute atomic E-state index is 12.3. The first-order valence-electron chi connectivity index (χ1n) is 7.62. The van der Waals surface area contributed by atoms with Crippen molar-refractivity contribution in [3.63, 3.8) is 0 Å². The summed E-state index contributed by atoms with van der Waals surface area (Å²) < 4.78 is 0. The van der Waals surface area contributed by atoms with Crippen LogP contribution in [0.15, 0.2) is 53.5 Å². The van der Waals surface area contributed by atoms with Crippen molar-refractivity contribution in [2.45, 2.75) is 19.9 Å². The average molecular weight is 306 g/mol. The van der Waals surface area contributed by atoms with E-state index in [1.54, 1.807) is 30.5 Å². The minimum Gasteiger partial charge on any atom is -0.288 e. The zero-order valence-corrected chi connectivity index (χ0v) is 13.2. The molecule has 0 bridgehead atoms. The van der Waals surface area contributed by atoms with Gasteiger partial charge in [0, 0.05) is 6.21 Å². The molecule has 116 valence electrons. The van der Waals surface area contributed by atoms with Gasteiger partial charge >= 0.3 is 0 Å². The van der Waals surface area contributed by atoms with Gasteiger partial charge in [0.15, 0.2) is 0 Å². The van der Waals surface area contributed by atoms with Crippen LogP contribution in [0.3, 0.4) is 0 Å². The number of hydrogen-bond acceptors (Lipinski definition) is 3. The lowest BCUT2D eigenvalue weighted by molar-refractivity contribution is 0.0647. The van der Waals surface area contributed by atoms with Crippen molar-refractivity contribution in [3.05, 3.63) is 70.8 Å². The molecular weight excluding hydrogens is 288 g/mol. The molecule has 0 N–H and O–H groups in total. The van der Waals surface area contributed by atoms with Gasteiger partial charge in [0.25, 0.3) is 11.8 Å². The van der Waals surface area contributed by atoms with Crippen LogP contribution in [-0.4, -0.2) is 35.5 Å². The third-order valence-corrected chi connectivity index (χ3v) is 3.98. The molecule has 23 heavy (non-hydrogen) atoms. The first-order chi connectivity index (χ1) is 11.1. The molecule has 2 aromatic rings. The SMILES string of the molecule is Cc1ccccc1C=NC(C)CN1C(=O)c2ccccc2C1=O. The predicted octanol–water partition coefficient (Wildman–Crippen LogP) is 3.10. The number of carbonyl (C=O) groups is 2. The number of aryl methyl sites for hydroxylation is 1. The van der Waals surface area contributed by atoms with E-state index in [9.17, 15) is 9.59 Å². The molecule has 2 aromatic carbocycles. The van der Waals surface area contributed by atoms with Crippen molar-refractivity contribution in [2.24, 2.45) is 4.99 Å². The lowest BCUT2D eigenvalue weighted by Crippen LogP contribution is -2.35. The van der Waals surface area contributed by atoms with Crippen LogP contribution in [0.5, 0.6) is 0 Å². The van der Waals surface area contributed by atoms with E-state index in [0.717, 1.165) is 11.1 Å². The van der Waals surface area contributed by atoms with Crippen LogP contribution in [0, 0.1) is 6.92 Å². The summed E-state index contributed by atoms with van der Waals surface area (Å²) in [6, 6.07) is 14.7. The summed E-state index contributed by atoms with van der Waals surface area (Å²) in [6.45, 7) is 4.21. The Balaban J connectivity index is 1.72. The maximum Gasteiger partial charge on any atom is 0.261 e. The van der Waals surface area contributed by atoms with Gasteiger partial charge in [0.2, 0.25) is 0 Å². The number of imide groups is 1. The maximum atomic E-state index is 12.3. The van der Waals surface area contributed by atoms with Gasteiger partial charge < -0.3 is 0 Å². The highest BCUT2D eigenvalue weighted by molar-refractivity contribution is 6.21. The number of aliphatic imine (C=N–C) groups is 1. The largest absolute Gasteiger partial charge is 0.288 e. The van der Waals surface area contributed by atoms with E-state index in [2.05, 4.69) is 4.99 Å². The van der Waals surface area contributed by atoms with Crippen molar-refractivity contribution in [2.75, 3.05) is 6.54 Å². The highest BCUT2D eigenvalue weighted by atomic mass is 16.2. The Morgan fingerprint density at radius 2 is 1.57 bits per heavy atom. The van der Waals surface area contributed by atoms with Gasteiger partial charge in [-0.25, -0.2) is 0 Å². The average Bonchev–Trinajstić information content (AvgIpc) is 2.80. The topological polar surface area (TPSA) is 49.7 Å². The number of amides is 2. The molecule has 0 aromatic heterocycles. The van der Waals surface area contributed by atoms with Gasteiger partial charge in [-0.3, -0.25) is 19.5 Å². The van der Waals surface area contributed by atoms with Crippen LogP contribution in [0.1, 0.15) is 38.8 Å². The molecule has 4 heteroatoms. The van der Waals surface area contributed by atoms with Crippen molar-refractivity contribution >= 4 is 18.0 Å². The van der Waals surface area contributed by atoms with Crippen molar-refractivity contribution in [3.8, 4) is 0 Å². The fourth-order valence-electron chi connectivity index (χ4n) is 2.66. The summed E-state index contributed by atoms with van der Waals surface area (Å²) >= 11 is 0. The van der Waals surface area contributed by atoms with Gasteiger partial charge in [-0.2, -0.15) is 0 Å². The van der Waals surface area contributed by atoms with Crippen molar-refractivity contribution < 1.29 is 9.59 Å². The van der Waals surface area contributed by atoms with E-state index >= 15 is 0 Å². The molecule has 0 saturated carbocycles. The molecule has 0 saturated heterocycles. The summed E-state index contributed by atoms with van der Waals surface area (Å²) in [5.74, 6) is -0.466. The second-order valence-electron chi connectivity index (χ2n) is 5.75. The molecule has 1 aliphatic rings. The fraction of sp³-hybridized carbons (Fsp3) is 0.211. The second kappa shape index (κ2) is 6.16. The highest BCUT2D eigenvalue weighted by Gasteiger charge is 2.35. The smallest absolute Gasteiger partial charge is 0.261 e. The molecule has 1 unspecified atom stereocenters. The molecule has 0 radical (unpaired) electrons. The van der Waals surface area contributed by atoms with Crippen LogP contribution in [-0.2, 0) is 0 Å². The summed E-state index contributed by atoms with van der Waals surface area (Å²) in [7, 11) is 0. The van der Waals surface area contributed by atoms with E-state index in [-0.39, 0.29) is 24.4 Å². The normalized spacial score (nSPS) is 15.3. The number of nitrogens with zero attached hydrogens (tertiary/aromatic N) is 2. The molecule has 0 fully saturated rings. The first kappa shape index (κ1) is 15.2. The summed E-state index contributed by atoms with van der Waals surface area (Å²) in [4.78, 5) is 30.4. The molecule has 1 aliphatic heterocycles. The molecule has 1 heterocycles. The van der Waals surface area contributed by atoms with Crippen LogP contribution >= 0.6 is 0 Å². The molecule has 0 spiro atoms. The van der Waals surface area contributed by atoms with Crippen LogP contribution in [0.4, 0.5) is 0 Å². The Labute approximate surface area is 135 Å². The Kier molecular flexibility index (Phi) is 4.06. The van der Waals surface area contributed by atoms with Crippen molar-refractivity contribution in [1.29, 1.82) is 0 Å². The standard InChI is InChI=1S/C19H18N2O2/c1-13-7-3-4-8-15(13)11-20-14(2)12-21-18(22)16-9-5-6-10-17(16)19(21)23/h3-11,14H,12H2,1-2H3. The summed E-state index contributed by atoms with van der Waals surface area (Å²) in [6.07, 6.45) is 1.80. The molecular formula is C19H18N2O2. The van der Waals surface area contributed by atoms with Crippen molar-refractivity contribution in [1.82, 2.24) is 4.90 Å². The highest BCUT2D eigenvalue weighted by Crippen LogP contribution is 2.22. The Morgan fingerprint density at radius 3 is 2.17 bits per heavy atom. The quantitative estimate of drug-likeness (QED) is 0.644. The van der Waals surface area contributed by atoms with Gasteiger partial charge in [0.05, 0.1) is 23.7 Å². The lowest BCUT2D eigenvalue weighted by atomic mass is 10.1. The minimum atomic E-state index is -0.233. The fourth-order valence-corrected chi connectivity index (χ4v) is 2.66. The van der Waals surface area contributed by atoms with E-state index in [1.165, 1.54) is 4.90 Å². The zero-order valence-electron chi connectivity index (χ0n) is 13.2. The van der Waals surface area contributed by atoms with E-state index < -0.39 is 0 Å². The van der Waals surface area contributed by atoms with Gasteiger partial charge in [-0.1, -0.05) is 36.4 Å². The third kappa shape index (κ3) is 2.93. The zero-order chi connectivity index (χ0) is 16.4. The van der Waals surface area contributed by atoms with Gasteiger partial charge in [0.1, 0.15) is 0 Å². The second-order valence-corrected chi connectivity index (χ2v) is 5.75. The van der Waals surface area contributed by atoms with E-state index in [4.69, 9.17) is 0 Å². The predicted molar refractivity (Wildman–Crippen MR) is 90.0 cm³/mol. The number of carbonyl (C=O) groups excluding carboxylic acids is 2. The lowest BCUT2D eigenvalue weighted by Gasteiger charge is -2.16. The van der Waals surface area contributed by atoms with Gasteiger partial charge in [-0.05, 0) is 37.1 Å². The van der Waals surface area contributed by atoms with Crippen LogP contribution in [0.2, 0.25) is 0 Å². The number of fused-ring (bicyclic) bond motifs is 1. The Hall–Kier alpha value is -2.75. The molecule has 0 aliphatic carbocycles.